The monoisotopic (exact) mass is 365 g/mol. The van der Waals surface area contributed by atoms with E-state index in [1.54, 1.807) is 30.3 Å². The molecule has 0 radical (unpaired) electrons. The van der Waals surface area contributed by atoms with E-state index in [1.165, 1.54) is 6.07 Å². The lowest BCUT2D eigenvalue weighted by Crippen LogP contribution is -2.04. The molecule has 0 atom stereocenters. The van der Waals surface area contributed by atoms with E-state index in [0.717, 1.165) is 5.69 Å². The van der Waals surface area contributed by atoms with Crippen molar-refractivity contribution >= 4 is 38.9 Å². The lowest BCUT2D eigenvalue weighted by molar-refractivity contribution is -0.385. The number of nitriles is 1. The van der Waals surface area contributed by atoms with E-state index in [9.17, 15) is 10.1 Å². The molecule has 1 N–H and O–H groups in total. The largest absolute Gasteiger partial charge is 0.380 e. The summed E-state index contributed by atoms with van der Waals surface area (Å²) in [5.41, 5.74) is 1.64. The highest BCUT2D eigenvalue weighted by Crippen LogP contribution is 2.29. The van der Waals surface area contributed by atoms with E-state index < -0.39 is 4.92 Å². The molecule has 2 aromatic carbocycles. The molecule has 2 aromatic rings. The molecule has 7 heteroatoms. The molecule has 0 aliphatic rings. The van der Waals surface area contributed by atoms with Crippen molar-refractivity contribution in [1.82, 2.24) is 0 Å². The number of benzene rings is 2. The Morgan fingerprint density at radius 1 is 1.38 bits per heavy atom. The Bertz CT molecular complexity index is 743. The first-order valence-corrected chi connectivity index (χ1v) is 7.05. The highest BCUT2D eigenvalue weighted by atomic mass is 79.9. The van der Waals surface area contributed by atoms with Crippen LogP contribution >= 0.6 is 27.5 Å². The summed E-state index contributed by atoms with van der Waals surface area (Å²) >= 11 is 9.37. The Labute approximate surface area is 134 Å². The van der Waals surface area contributed by atoms with Gasteiger partial charge in [-0.1, -0.05) is 17.7 Å². The van der Waals surface area contributed by atoms with E-state index in [4.69, 9.17) is 16.9 Å². The molecule has 2 rings (SSSR count). The highest BCUT2D eigenvalue weighted by molar-refractivity contribution is 9.10. The van der Waals surface area contributed by atoms with Gasteiger partial charge in [0.2, 0.25) is 0 Å². The third-order valence-corrected chi connectivity index (χ3v) is 3.85. The number of anilines is 1. The fraction of sp³-hybridized carbons (Fsp3) is 0.0714. The first-order chi connectivity index (χ1) is 10.0. The second kappa shape index (κ2) is 6.57. The fourth-order valence-electron chi connectivity index (χ4n) is 1.80. The molecular weight excluding hydrogens is 358 g/mol. The molecule has 5 nitrogen and oxygen atoms in total. The van der Waals surface area contributed by atoms with Gasteiger partial charge in [-0.05, 0) is 40.2 Å². The molecule has 0 unspecified atom stereocenters. The molecule has 0 saturated heterocycles. The molecule has 0 heterocycles. The number of hydrogen-bond acceptors (Lipinski definition) is 4. The highest BCUT2D eigenvalue weighted by Gasteiger charge is 2.16. The van der Waals surface area contributed by atoms with E-state index in [-0.39, 0.29) is 12.2 Å². The Kier molecular flexibility index (Phi) is 4.78. The maximum atomic E-state index is 11.0. The smallest absolute Gasteiger partial charge is 0.275 e. The molecule has 21 heavy (non-hydrogen) atoms. The molecule has 0 aromatic heterocycles. The average Bonchev–Trinajstić information content (AvgIpc) is 2.46. The minimum Gasteiger partial charge on any atom is -0.380 e. The van der Waals surface area contributed by atoms with Crippen molar-refractivity contribution in [2.45, 2.75) is 6.54 Å². The molecule has 0 amide bonds. The van der Waals surface area contributed by atoms with Crippen LogP contribution in [0, 0.1) is 21.4 Å². The summed E-state index contributed by atoms with van der Waals surface area (Å²) in [5.74, 6) is 0. The van der Waals surface area contributed by atoms with E-state index in [2.05, 4.69) is 21.2 Å². The summed E-state index contributed by atoms with van der Waals surface area (Å²) in [6.45, 7) is 0.209. The SMILES string of the molecule is N#Cc1ccc(NCc2c(Cl)cccc2[N+](=O)[O-])c(Br)c1. The average molecular weight is 367 g/mol. The molecule has 0 spiro atoms. The van der Waals surface area contributed by atoms with Gasteiger partial charge in [-0.3, -0.25) is 10.1 Å². The summed E-state index contributed by atoms with van der Waals surface area (Å²) in [6, 6.07) is 11.7. The van der Waals surface area contributed by atoms with Crippen molar-refractivity contribution in [3.05, 3.63) is 67.1 Å². The van der Waals surface area contributed by atoms with Crippen LogP contribution in [0.1, 0.15) is 11.1 Å². The van der Waals surface area contributed by atoms with Gasteiger partial charge in [0, 0.05) is 22.8 Å². The van der Waals surface area contributed by atoms with Crippen LogP contribution in [0.5, 0.6) is 0 Å². The van der Waals surface area contributed by atoms with Gasteiger partial charge < -0.3 is 5.32 Å². The lowest BCUT2D eigenvalue weighted by atomic mass is 10.1. The number of hydrogen-bond donors (Lipinski definition) is 1. The van der Waals surface area contributed by atoms with Gasteiger partial charge in [0.25, 0.3) is 5.69 Å². The summed E-state index contributed by atoms with van der Waals surface area (Å²) in [5, 5.41) is 23.2. The Balaban J connectivity index is 2.25. The van der Waals surface area contributed by atoms with E-state index in [0.29, 0.717) is 20.6 Å². The van der Waals surface area contributed by atoms with Crippen LogP contribution in [-0.4, -0.2) is 4.92 Å². The molecule has 0 aliphatic carbocycles. The van der Waals surface area contributed by atoms with Crippen molar-refractivity contribution in [3.63, 3.8) is 0 Å². The summed E-state index contributed by atoms with van der Waals surface area (Å²) in [4.78, 5) is 10.5. The molecule has 0 bridgehead atoms. The lowest BCUT2D eigenvalue weighted by Gasteiger charge is -2.10. The number of nitrogens with zero attached hydrogens (tertiary/aromatic N) is 2. The van der Waals surface area contributed by atoms with Crippen molar-refractivity contribution in [3.8, 4) is 6.07 Å². The number of nitro benzene ring substituents is 1. The van der Waals surface area contributed by atoms with Gasteiger partial charge >= 0.3 is 0 Å². The molecule has 0 aliphatic heterocycles. The van der Waals surface area contributed by atoms with Gasteiger partial charge in [-0.25, -0.2) is 0 Å². The molecule has 106 valence electrons. The number of nitrogens with one attached hydrogen (secondary N) is 1. The van der Waals surface area contributed by atoms with E-state index >= 15 is 0 Å². The summed E-state index contributed by atoms with van der Waals surface area (Å²) < 4.78 is 0.705. The summed E-state index contributed by atoms with van der Waals surface area (Å²) in [7, 11) is 0. The molecular formula is C14H9BrClN3O2. The van der Waals surface area contributed by atoms with Crippen LogP contribution in [-0.2, 0) is 6.54 Å². The van der Waals surface area contributed by atoms with Crippen LogP contribution in [0.2, 0.25) is 5.02 Å². The van der Waals surface area contributed by atoms with Crippen molar-refractivity contribution in [2.24, 2.45) is 0 Å². The van der Waals surface area contributed by atoms with Crippen LogP contribution in [0.3, 0.4) is 0 Å². The first kappa shape index (κ1) is 15.3. The number of rotatable bonds is 4. The van der Waals surface area contributed by atoms with Crippen LogP contribution < -0.4 is 5.32 Å². The second-order valence-corrected chi connectivity index (χ2v) is 5.42. The summed E-state index contributed by atoms with van der Waals surface area (Å²) in [6.07, 6.45) is 0. The van der Waals surface area contributed by atoms with Crippen molar-refractivity contribution < 1.29 is 4.92 Å². The Morgan fingerprint density at radius 3 is 2.76 bits per heavy atom. The van der Waals surface area contributed by atoms with Crippen LogP contribution in [0.25, 0.3) is 0 Å². The second-order valence-electron chi connectivity index (χ2n) is 4.15. The zero-order valence-electron chi connectivity index (χ0n) is 10.6. The van der Waals surface area contributed by atoms with Gasteiger partial charge in [-0.2, -0.15) is 5.26 Å². The number of nitro groups is 1. The van der Waals surface area contributed by atoms with Gasteiger partial charge in [0.15, 0.2) is 0 Å². The van der Waals surface area contributed by atoms with Gasteiger partial charge in [-0.15, -0.1) is 0 Å². The zero-order chi connectivity index (χ0) is 15.4. The van der Waals surface area contributed by atoms with Crippen molar-refractivity contribution in [2.75, 3.05) is 5.32 Å². The molecule has 0 fully saturated rings. The molecule has 0 saturated carbocycles. The maximum Gasteiger partial charge on any atom is 0.275 e. The van der Waals surface area contributed by atoms with Crippen molar-refractivity contribution in [1.29, 1.82) is 5.26 Å². The normalized spacial score (nSPS) is 9.95. The van der Waals surface area contributed by atoms with Gasteiger partial charge in [0.1, 0.15) is 0 Å². The topological polar surface area (TPSA) is 79.0 Å². The zero-order valence-corrected chi connectivity index (χ0v) is 13.0. The third kappa shape index (κ3) is 3.51. The maximum absolute atomic E-state index is 11.0. The van der Waals surface area contributed by atoms with Crippen LogP contribution in [0.4, 0.5) is 11.4 Å². The Hall–Kier alpha value is -2.10. The standard InChI is InChI=1S/C14H9BrClN3O2/c15-11-6-9(7-17)4-5-13(11)18-8-10-12(16)2-1-3-14(10)19(20)21/h1-6,18H,8H2. The predicted molar refractivity (Wildman–Crippen MR) is 84.3 cm³/mol. The first-order valence-electron chi connectivity index (χ1n) is 5.88. The minimum atomic E-state index is -0.462. The fourth-order valence-corrected chi connectivity index (χ4v) is 2.56. The minimum absolute atomic E-state index is 0.0280. The predicted octanol–water partition coefficient (Wildman–Crippen LogP) is 4.49. The third-order valence-electron chi connectivity index (χ3n) is 2.84. The quantitative estimate of drug-likeness (QED) is 0.638. The Morgan fingerprint density at radius 2 is 2.14 bits per heavy atom. The van der Waals surface area contributed by atoms with Gasteiger partial charge in [0.05, 0.1) is 27.1 Å². The number of halogens is 2. The van der Waals surface area contributed by atoms with Crippen LogP contribution in [0.15, 0.2) is 40.9 Å². The van der Waals surface area contributed by atoms with E-state index in [1.807, 2.05) is 6.07 Å².